The zero-order valence-electron chi connectivity index (χ0n) is 11.8. The van der Waals surface area contributed by atoms with Crippen molar-refractivity contribution in [3.05, 3.63) is 0 Å². The summed E-state index contributed by atoms with van der Waals surface area (Å²) in [5.74, 6) is -1.72. The lowest BCUT2D eigenvalue weighted by Gasteiger charge is -2.41. The number of carbonyl (C=O) groups excluding carboxylic acids is 3. The van der Waals surface area contributed by atoms with Crippen LogP contribution in [0.3, 0.4) is 0 Å². The third kappa shape index (κ3) is 5.40. The number of aliphatic hydroxyl groups is 1. The minimum absolute atomic E-state index is 0.107. The molecule has 0 bridgehead atoms. The first-order valence-electron chi connectivity index (χ1n) is 6.17. The van der Waals surface area contributed by atoms with Crippen LogP contribution in [0.4, 0.5) is 0 Å². The van der Waals surface area contributed by atoms with E-state index in [9.17, 15) is 19.5 Å². The van der Waals surface area contributed by atoms with Gasteiger partial charge in [0.2, 0.25) is 0 Å². The number of rotatable bonds is 4. The number of esters is 3. The summed E-state index contributed by atoms with van der Waals surface area (Å²) in [6, 6.07) is 0. The van der Waals surface area contributed by atoms with E-state index in [1.54, 1.807) is 0 Å². The van der Waals surface area contributed by atoms with Crippen LogP contribution in [0, 0.1) is 0 Å². The average molecular weight is 416 g/mol. The van der Waals surface area contributed by atoms with Gasteiger partial charge in [-0.1, -0.05) is 22.6 Å². The molecule has 1 heterocycles. The molecule has 1 aliphatic rings. The van der Waals surface area contributed by atoms with Crippen molar-refractivity contribution in [2.45, 2.75) is 49.3 Å². The summed E-state index contributed by atoms with van der Waals surface area (Å²) in [5, 5.41) is 9.92. The number of halogens is 1. The Morgan fingerprint density at radius 2 is 1.57 bits per heavy atom. The molecule has 0 aliphatic carbocycles. The first kappa shape index (κ1) is 18.1. The molecule has 8 nitrogen and oxygen atoms in total. The fraction of sp³-hybridized carbons (Fsp3) is 0.750. The normalized spacial score (nSPS) is 32.1. The first-order chi connectivity index (χ1) is 9.72. The van der Waals surface area contributed by atoms with Gasteiger partial charge in [-0.15, -0.1) is 0 Å². The molecule has 0 aromatic carbocycles. The van der Waals surface area contributed by atoms with Crippen molar-refractivity contribution in [3.63, 3.8) is 0 Å². The van der Waals surface area contributed by atoms with E-state index >= 15 is 0 Å². The predicted octanol–water partition coefficient (Wildman–Crippen LogP) is -0.0663. The molecule has 1 N–H and O–H groups in total. The van der Waals surface area contributed by atoms with E-state index in [0.29, 0.717) is 0 Å². The highest BCUT2D eigenvalue weighted by Crippen LogP contribution is 2.30. The van der Waals surface area contributed by atoms with Gasteiger partial charge >= 0.3 is 17.9 Å². The Kier molecular flexibility index (Phi) is 6.81. The third-order valence-corrected chi connectivity index (χ3v) is 4.15. The van der Waals surface area contributed by atoms with Crippen molar-refractivity contribution < 1.29 is 38.4 Å². The summed E-state index contributed by atoms with van der Waals surface area (Å²) in [7, 11) is 0. The van der Waals surface area contributed by atoms with E-state index in [2.05, 4.69) is 0 Å². The lowest BCUT2D eigenvalue weighted by molar-refractivity contribution is -0.259. The van der Waals surface area contributed by atoms with E-state index in [1.165, 1.54) is 20.8 Å². The summed E-state index contributed by atoms with van der Waals surface area (Å²) in [4.78, 5) is 33.1. The van der Waals surface area contributed by atoms with Crippen LogP contribution in [0.5, 0.6) is 0 Å². The molecule has 0 saturated carbocycles. The average Bonchev–Trinajstić information content (AvgIpc) is 2.35. The molecule has 1 saturated heterocycles. The van der Waals surface area contributed by atoms with Crippen molar-refractivity contribution in [1.82, 2.24) is 0 Å². The van der Waals surface area contributed by atoms with Gasteiger partial charge in [-0.25, -0.2) is 0 Å². The maximum Gasteiger partial charge on any atom is 0.303 e. The van der Waals surface area contributed by atoms with E-state index in [1.807, 2.05) is 22.6 Å². The van der Waals surface area contributed by atoms with E-state index in [4.69, 9.17) is 18.9 Å². The number of carbonyl (C=O) groups is 3. The second-order valence-corrected chi connectivity index (χ2v) is 5.90. The monoisotopic (exact) mass is 416 g/mol. The van der Waals surface area contributed by atoms with Crippen molar-refractivity contribution in [2.24, 2.45) is 0 Å². The molecule has 1 fully saturated rings. The molecule has 21 heavy (non-hydrogen) atoms. The third-order valence-electron chi connectivity index (χ3n) is 2.64. The van der Waals surface area contributed by atoms with Crippen molar-refractivity contribution in [2.75, 3.05) is 6.61 Å². The highest BCUT2D eigenvalue weighted by Gasteiger charge is 2.48. The molecule has 1 aliphatic heterocycles. The second kappa shape index (κ2) is 7.90. The Bertz CT molecular complexity index is 412. The molecule has 0 unspecified atom stereocenters. The molecule has 1 rings (SSSR count). The van der Waals surface area contributed by atoms with Crippen LogP contribution in [0.25, 0.3) is 0 Å². The van der Waals surface area contributed by atoms with E-state index < -0.39 is 46.4 Å². The number of hydrogen-bond acceptors (Lipinski definition) is 8. The minimum Gasteiger partial charge on any atom is -0.463 e. The molecular weight excluding hydrogens is 399 g/mol. The van der Waals surface area contributed by atoms with Crippen LogP contribution in [0.2, 0.25) is 0 Å². The second-order valence-electron chi connectivity index (χ2n) is 4.46. The molecule has 0 spiro atoms. The van der Waals surface area contributed by atoms with Gasteiger partial charge in [0.1, 0.15) is 12.7 Å². The fourth-order valence-electron chi connectivity index (χ4n) is 1.86. The molecule has 0 radical (unpaired) electrons. The Hall–Kier alpha value is -0.940. The highest BCUT2D eigenvalue weighted by molar-refractivity contribution is 14.1. The molecule has 9 heteroatoms. The van der Waals surface area contributed by atoms with Crippen LogP contribution in [0.1, 0.15) is 20.8 Å². The van der Waals surface area contributed by atoms with Crippen molar-refractivity contribution in [1.29, 1.82) is 0 Å². The van der Waals surface area contributed by atoms with Crippen LogP contribution < -0.4 is 0 Å². The molecule has 0 aromatic rings. The highest BCUT2D eigenvalue weighted by atomic mass is 127. The summed E-state index contributed by atoms with van der Waals surface area (Å²) >= 11 is 1.94. The zero-order chi connectivity index (χ0) is 16.2. The van der Waals surface area contributed by atoms with Crippen molar-refractivity contribution >= 4 is 40.5 Å². The quantitative estimate of drug-likeness (QED) is 0.294. The van der Waals surface area contributed by atoms with Gasteiger partial charge in [0.25, 0.3) is 0 Å². The summed E-state index contributed by atoms with van der Waals surface area (Å²) < 4.78 is 19.7. The molecule has 0 amide bonds. The zero-order valence-corrected chi connectivity index (χ0v) is 13.9. The number of aliphatic hydroxyl groups excluding tert-OH is 1. The van der Waals surface area contributed by atoms with Crippen LogP contribution in [0.15, 0.2) is 0 Å². The van der Waals surface area contributed by atoms with Gasteiger partial charge in [0.15, 0.2) is 18.5 Å². The van der Waals surface area contributed by atoms with E-state index in [0.717, 1.165) is 0 Å². The number of hydrogen-bond donors (Lipinski definition) is 1. The lowest BCUT2D eigenvalue weighted by Crippen LogP contribution is -2.59. The van der Waals surface area contributed by atoms with Crippen LogP contribution in [-0.4, -0.2) is 58.1 Å². The molecular formula is C12H17IO8. The number of alkyl halides is 1. The first-order valence-corrected chi connectivity index (χ1v) is 7.42. The van der Waals surface area contributed by atoms with Gasteiger partial charge in [-0.05, 0) is 0 Å². The lowest BCUT2D eigenvalue weighted by atomic mass is 10.0. The summed E-state index contributed by atoms with van der Waals surface area (Å²) in [6.07, 6.45) is -4.22. The Labute approximate surface area is 135 Å². The van der Waals surface area contributed by atoms with Gasteiger partial charge in [0.05, 0.1) is 3.92 Å². The van der Waals surface area contributed by atoms with Crippen LogP contribution in [-0.2, 0) is 33.3 Å². The minimum atomic E-state index is -1.48. The Balaban J connectivity index is 2.87. The van der Waals surface area contributed by atoms with Gasteiger partial charge < -0.3 is 24.1 Å². The number of ether oxygens (including phenoxy) is 4. The Morgan fingerprint density at radius 3 is 2.05 bits per heavy atom. The summed E-state index contributed by atoms with van der Waals surface area (Å²) in [6.45, 7) is 3.51. The van der Waals surface area contributed by atoms with Crippen LogP contribution >= 0.6 is 22.6 Å². The van der Waals surface area contributed by atoms with Gasteiger partial charge in [-0.3, -0.25) is 14.4 Å². The van der Waals surface area contributed by atoms with Crippen molar-refractivity contribution in [3.8, 4) is 0 Å². The fourth-order valence-corrected chi connectivity index (χ4v) is 2.79. The van der Waals surface area contributed by atoms with Gasteiger partial charge in [0, 0.05) is 20.8 Å². The molecule has 120 valence electrons. The maximum absolute atomic E-state index is 11.2. The SMILES string of the molecule is CC(=O)OC[C@H]1O[C@H](O)[C@H](OC(C)=O)[C@@H](OC(C)=O)[C@H]1I. The summed E-state index contributed by atoms with van der Waals surface area (Å²) in [5.41, 5.74) is 0. The Morgan fingerprint density at radius 1 is 1.05 bits per heavy atom. The van der Waals surface area contributed by atoms with E-state index in [-0.39, 0.29) is 6.61 Å². The van der Waals surface area contributed by atoms with Gasteiger partial charge in [-0.2, -0.15) is 0 Å². The largest absolute Gasteiger partial charge is 0.463 e. The molecule has 5 atom stereocenters. The topological polar surface area (TPSA) is 108 Å². The maximum atomic E-state index is 11.2. The smallest absolute Gasteiger partial charge is 0.303 e. The predicted molar refractivity (Wildman–Crippen MR) is 76.4 cm³/mol. The standard InChI is InChI=1S/C12H17IO8/c1-5(14)18-4-8-9(13)10(19-6(2)15)11(12(17)21-8)20-7(3)16/h8-12,17H,4H2,1-3H3/t8-,9+,10+,11-,12+/m1/s1. The molecule has 0 aromatic heterocycles.